The average Bonchev–Trinajstić information content (AvgIpc) is 3.54. The van der Waals surface area contributed by atoms with Crippen molar-refractivity contribution in [2.24, 2.45) is 35.5 Å². The van der Waals surface area contributed by atoms with E-state index in [1.54, 1.807) is 0 Å². The lowest BCUT2D eigenvalue weighted by molar-refractivity contribution is 0.0959. The number of fused-ring (bicyclic) bond motifs is 1. The molecule has 0 spiro atoms. The van der Waals surface area contributed by atoms with Gasteiger partial charge in [0.2, 0.25) is 0 Å². The van der Waals surface area contributed by atoms with E-state index < -0.39 is 0 Å². The molecule has 5 rings (SSSR count). The highest BCUT2D eigenvalue weighted by atomic mass is 15.3. The van der Waals surface area contributed by atoms with Gasteiger partial charge in [0, 0.05) is 66.5 Å². The van der Waals surface area contributed by atoms with Crippen LogP contribution >= 0.6 is 0 Å². The molecule has 0 aromatic rings. The Hall–Kier alpha value is -0.160. The summed E-state index contributed by atoms with van der Waals surface area (Å²) >= 11 is 0. The third-order valence-corrected chi connectivity index (χ3v) is 13.6. The van der Waals surface area contributed by atoms with Gasteiger partial charge in [0.25, 0.3) is 0 Å². The molecule has 1 aliphatic carbocycles. The first kappa shape index (κ1) is 47.0. The van der Waals surface area contributed by atoms with Crippen molar-refractivity contribution < 1.29 is 0 Å². The number of nitrogens with zero attached hydrogens (tertiary/aromatic N) is 4. The Morgan fingerprint density at radius 1 is 0.431 bits per heavy atom. The van der Waals surface area contributed by atoms with Crippen LogP contribution in [0.1, 0.15) is 196 Å². The van der Waals surface area contributed by atoms with Crippen molar-refractivity contribution in [3.8, 4) is 0 Å². The molecule has 0 aromatic carbocycles. The molecule has 0 amide bonds. The minimum Gasteiger partial charge on any atom is -0.298 e. The molecule has 0 radical (unpaired) electrons. The summed E-state index contributed by atoms with van der Waals surface area (Å²) in [5, 5.41) is 0. The van der Waals surface area contributed by atoms with Crippen molar-refractivity contribution in [3.63, 3.8) is 0 Å². The van der Waals surface area contributed by atoms with Crippen LogP contribution in [0.3, 0.4) is 0 Å². The predicted molar refractivity (Wildman–Crippen MR) is 229 cm³/mol. The van der Waals surface area contributed by atoms with Gasteiger partial charge in [0.1, 0.15) is 0 Å². The molecular formula is C47H96N4. The molecule has 4 nitrogen and oxygen atoms in total. The lowest BCUT2D eigenvalue weighted by Crippen LogP contribution is -2.45. The molecule has 0 N–H and O–H groups in total. The van der Waals surface area contributed by atoms with Crippen LogP contribution in [-0.2, 0) is 0 Å². The topological polar surface area (TPSA) is 13.0 Å². The highest BCUT2D eigenvalue weighted by Crippen LogP contribution is 2.50. The second kappa shape index (κ2) is 21.8. The maximum atomic E-state index is 2.77. The summed E-state index contributed by atoms with van der Waals surface area (Å²) < 4.78 is 0. The molecule has 0 bridgehead atoms. The van der Waals surface area contributed by atoms with Crippen molar-refractivity contribution in [2.45, 2.75) is 262 Å². The first-order valence-corrected chi connectivity index (χ1v) is 22.8. The van der Waals surface area contributed by atoms with E-state index in [0.717, 1.165) is 95.9 Å². The summed E-state index contributed by atoms with van der Waals surface area (Å²) in [4.78, 5) is 10.9. The highest BCUT2D eigenvalue weighted by Gasteiger charge is 2.53. The van der Waals surface area contributed by atoms with Gasteiger partial charge in [-0.2, -0.15) is 0 Å². The van der Waals surface area contributed by atoms with Gasteiger partial charge in [-0.3, -0.25) is 19.6 Å². The van der Waals surface area contributed by atoms with Gasteiger partial charge in [0.15, 0.2) is 0 Å². The molecule has 4 aliphatic heterocycles. The van der Waals surface area contributed by atoms with Gasteiger partial charge < -0.3 is 0 Å². The number of piperidine rings is 1. The Morgan fingerprint density at radius 3 is 1.22 bits per heavy atom. The fourth-order valence-electron chi connectivity index (χ4n) is 11.1. The monoisotopic (exact) mass is 717 g/mol. The van der Waals surface area contributed by atoms with Crippen LogP contribution in [0.2, 0.25) is 0 Å². The molecular weight excluding hydrogens is 621 g/mol. The van der Waals surface area contributed by atoms with Crippen molar-refractivity contribution >= 4 is 0 Å². The van der Waals surface area contributed by atoms with Crippen LogP contribution < -0.4 is 0 Å². The zero-order valence-electron chi connectivity index (χ0n) is 38.4. The molecule has 5 aliphatic rings. The van der Waals surface area contributed by atoms with Crippen molar-refractivity contribution in [2.75, 3.05) is 6.54 Å². The highest BCUT2D eigenvalue weighted by molar-refractivity contribution is 5.07. The minimum absolute atomic E-state index is 0.706. The molecule has 51 heavy (non-hydrogen) atoms. The van der Waals surface area contributed by atoms with E-state index in [2.05, 4.69) is 151 Å². The second-order valence-electron chi connectivity index (χ2n) is 20.5. The molecule has 1 saturated carbocycles. The first-order chi connectivity index (χ1) is 23.8. The maximum absolute atomic E-state index is 2.77. The largest absolute Gasteiger partial charge is 0.298 e. The van der Waals surface area contributed by atoms with Crippen molar-refractivity contribution in [3.05, 3.63) is 0 Å². The molecule has 4 unspecified atom stereocenters. The smallest absolute Gasteiger partial charge is 0.0134 e. The lowest BCUT2D eigenvalue weighted by atomic mass is 9.99. The Labute approximate surface area is 323 Å². The Morgan fingerprint density at radius 2 is 0.863 bits per heavy atom. The zero-order chi connectivity index (χ0) is 38.9. The quantitative estimate of drug-likeness (QED) is 0.211. The number of likely N-dealkylation sites (tertiary alicyclic amines) is 4. The van der Waals surface area contributed by atoms with Crippen LogP contribution in [0.15, 0.2) is 0 Å². The van der Waals surface area contributed by atoms with E-state index in [1.165, 1.54) is 70.8 Å². The van der Waals surface area contributed by atoms with Gasteiger partial charge in [-0.25, -0.2) is 0 Å². The van der Waals surface area contributed by atoms with Crippen LogP contribution in [0.25, 0.3) is 0 Å². The van der Waals surface area contributed by atoms with Crippen LogP contribution in [-0.4, -0.2) is 92.6 Å². The fourth-order valence-corrected chi connectivity index (χ4v) is 11.1. The van der Waals surface area contributed by atoms with Gasteiger partial charge in [-0.05, 0) is 155 Å². The van der Waals surface area contributed by atoms with Crippen LogP contribution in [0.5, 0.6) is 0 Å². The number of hydrogen-bond donors (Lipinski definition) is 0. The SMILES string of the molecule is CC(C)C1CC[C@@H](C(C)C)N1C(C)C.CC(C)[C@@H]1CC2CC2N1C(C)C.CC(C)[C@@H]1CCCN1C(C)C.CCCC1CC[C@@H](C(C)C)N1C(C)C. The summed E-state index contributed by atoms with van der Waals surface area (Å²) in [6.07, 6.45) is 14.1. The van der Waals surface area contributed by atoms with Crippen LogP contribution in [0.4, 0.5) is 0 Å². The predicted octanol–water partition coefficient (Wildman–Crippen LogP) is 12.3. The molecule has 4 heterocycles. The molecule has 5 fully saturated rings. The van der Waals surface area contributed by atoms with Gasteiger partial charge in [0.05, 0.1) is 0 Å². The molecule has 4 heteroatoms. The summed E-state index contributed by atoms with van der Waals surface area (Å²) in [6, 6.07) is 8.99. The molecule has 8 atom stereocenters. The average molecular weight is 717 g/mol. The first-order valence-electron chi connectivity index (χ1n) is 22.8. The van der Waals surface area contributed by atoms with Gasteiger partial charge >= 0.3 is 0 Å². The van der Waals surface area contributed by atoms with E-state index >= 15 is 0 Å². The Bertz CT molecular complexity index is 891. The second-order valence-corrected chi connectivity index (χ2v) is 20.5. The third kappa shape index (κ3) is 13.2. The zero-order valence-corrected chi connectivity index (χ0v) is 38.4. The third-order valence-electron chi connectivity index (χ3n) is 13.6. The summed E-state index contributed by atoms with van der Waals surface area (Å²) in [7, 11) is 0. The van der Waals surface area contributed by atoms with Crippen LogP contribution in [0, 0.1) is 35.5 Å². The Kier molecular flexibility index (Phi) is 20.1. The maximum Gasteiger partial charge on any atom is 0.0134 e. The molecule has 4 saturated heterocycles. The minimum atomic E-state index is 0.706. The van der Waals surface area contributed by atoms with Gasteiger partial charge in [-0.1, -0.05) is 82.6 Å². The van der Waals surface area contributed by atoms with Gasteiger partial charge in [-0.15, -0.1) is 0 Å². The standard InChI is InChI=1S/2C13H27N.C11H21N.C10H21N/c1-9(2)12-7-8-13(10(3)4)14(12)11(5)6;1-6-7-12-8-9-13(10(2)3)14(12)11(4)5;1-7(2)10-5-9-6-11(9)12(10)8(3)4;1-8(2)10-6-5-7-11(10)9(3)4/h9-13H,7-8H2,1-6H3;10-13H,6-9H2,1-5H3;7-11H,5-6H2,1-4H3;8-10H,5-7H2,1-4H3/t12-,13?;12?,13-;9?,10-,11?;10-/m0000/s1. The number of hydrogen-bond acceptors (Lipinski definition) is 4. The fraction of sp³-hybridized carbons (Fsp3) is 1.00. The molecule has 304 valence electrons. The van der Waals surface area contributed by atoms with Crippen molar-refractivity contribution in [1.82, 2.24) is 19.6 Å². The van der Waals surface area contributed by atoms with E-state index in [1.807, 2.05) is 0 Å². The summed E-state index contributed by atoms with van der Waals surface area (Å²) in [5.41, 5.74) is 0. The number of rotatable bonds is 11. The van der Waals surface area contributed by atoms with E-state index in [4.69, 9.17) is 0 Å². The van der Waals surface area contributed by atoms with E-state index in [0.29, 0.717) is 6.04 Å². The molecule has 0 aromatic heterocycles. The van der Waals surface area contributed by atoms with Crippen molar-refractivity contribution in [1.29, 1.82) is 0 Å². The summed E-state index contributed by atoms with van der Waals surface area (Å²) in [6.45, 7) is 45.9. The Balaban J connectivity index is 0.000000237. The lowest BCUT2D eigenvalue weighted by Gasteiger charge is -2.37. The van der Waals surface area contributed by atoms with E-state index in [9.17, 15) is 0 Å². The van der Waals surface area contributed by atoms with E-state index in [-0.39, 0.29) is 0 Å². The summed E-state index contributed by atoms with van der Waals surface area (Å²) in [5.74, 6) is 5.18. The normalized spacial score (nSPS) is 31.8.